The van der Waals surface area contributed by atoms with E-state index < -0.39 is 0 Å². The van der Waals surface area contributed by atoms with Gasteiger partial charge in [-0.05, 0) is 29.3 Å². The van der Waals surface area contributed by atoms with Gasteiger partial charge in [0.05, 0.1) is 5.56 Å². The molecule has 24 heavy (non-hydrogen) atoms. The molecule has 0 atom stereocenters. The van der Waals surface area contributed by atoms with Gasteiger partial charge in [0, 0.05) is 5.69 Å². The third-order valence-corrected chi connectivity index (χ3v) is 3.61. The van der Waals surface area contributed by atoms with Crippen LogP contribution in [0.1, 0.15) is 21.5 Å². The zero-order valence-corrected chi connectivity index (χ0v) is 13.0. The Kier molecular flexibility index (Phi) is 4.73. The standard InChI is InChI=1S/C21H17NO2/c23-20-13-7-5-11-18(20)21(24)22-19-12-6-4-10-17(19)15-14-16-8-2-1-3-9-16/h1-15,23H,(H,22,24). The smallest absolute Gasteiger partial charge is 0.259 e. The number of rotatable bonds is 4. The number of hydrogen-bond acceptors (Lipinski definition) is 2. The van der Waals surface area contributed by atoms with Crippen molar-refractivity contribution in [1.82, 2.24) is 0 Å². The van der Waals surface area contributed by atoms with Gasteiger partial charge in [-0.25, -0.2) is 0 Å². The predicted molar refractivity (Wildman–Crippen MR) is 97.9 cm³/mol. The zero-order valence-electron chi connectivity index (χ0n) is 13.0. The zero-order chi connectivity index (χ0) is 16.8. The molecular weight excluding hydrogens is 298 g/mol. The fourth-order valence-electron chi connectivity index (χ4n) is 2.36. The van der Waals surface area contributed by atoms with Gasteiger partial charge in [0.2, 0.25) is 0 Å². The molecule has 0 aliphatic heterocycles. The molecule has 3 rings (SSSR count). The summed E-state index contributed by atoms with van der Waals surface area (Å²) in [7, 11) is 0. The van der Waals surface area contributed by atoms with E-state index in [1.54, 1.807) is 18.2 Å². The number of nitrogens with one attached hydrogen (secondary N) is 1. The van der Waals surface area contributed by atoms with E-state index in [2.05, 4.69) is 5.32 Å². The highest BCUT2D eigenvalue weighted by Crippen LogP contribution is 2.21. The van der Waals surface area contributed by atoms with Gasteiger partial charge >= 0.3 is 0 Å². The van der Waals surface area contributed by atoms with Crippen LogP contribution in [0.4, 0.5) is 5.69 Å². The number of benzene rings is 3. The van der Waals surface area contributed by atoms with Gasteiger partial charge in [-0.15, -0.1) is 0 Å². The van der Waals surface area contributed by atoms with Crippen molar-refractivity contribution in [3.8, 4) is 5.75 Å². The second kappa shape index (κ2) is 7.29. The number of phenolic OH excluding ortho intramolecular Hbond substituents is 1. The maximum absolute atomic E-state index is 12.4. The molecule has 0 saturated heterocycles. The van der Waals surface area contributed by atoms with Crippen LogP contribution in [0.2, 0.25) is 0 Å². The monoisotopic (exact) mass is 315 g/mol. The van der Waals surface area contributed by atoms with Gasteiger partial charge in [-0.3, -0.25) is 4.79 Å². The third-order valence-electron chi connectivity index (χ3n) is 3.61. The van der Waals surface area contributed by atoms with E-state index in [1.807, 2.05) is 66.7 Å². The number of aromatic hydroxyl groups is 1. The summed E-state index contributed by atoms with van der Waals surface area (Å²) >= 11 is 0. The van der Waals surface area contributed by atoms with Crippen molar-refractivity contribution in [1.29, 1.82) is 0 Å². The lowest BCUT2D eigenvalue weighted by Gasteiger charge is -2.09. The van der Waals surface area contributed by atoms with E-state index in [1.165, 1.54) is 6.07 Å². The average molecular weight is 315 g/mol. The number of phenols is 1. The van der Waals surface area contributed by atoms with Crippen LogP contribution >= 0.6 is 0 Å². The fourth-order valence-corrected chi connectivity index (χ4v) is 2.36. The van der Waals surface area contributed by atoms with Crippen molar-refractivity contribution in [2.24, 2.45) is 0 Å². The van der Waals surface area contributed by atoms with E-state index in [-0.39, 0.29) is 17.2 Å². The molecule has 3 heteroatoms. The third kappa shape index (κ3) is 3.70. The highest BCUT2D eigenvalue weighted by molar-refractivity contribution is 6.07. The first kappa shape index (κ1) is 15.6. The summed E-state index contributed by atoms with van der Waals surface area (Å²) in [4.78, 5) is 12.4. The van der Waals surface area contributed by atoms with Crippen LogP contribution in [-0.2, 0) is 0 Å². The van der Waals surface area contributed by atoms with E-state index in [0.29, 0.717) is 5.69 Å². The van der Waals surface area contributed by atoms with E-state index in [9.17, 15) is 9.90 Å². The second-order valence-electron chi connectivity index (χ2n) is 5.30. The molecule has 0 aromatic heterocycles. The minimum Gasteiger partial charge on any atom is -0.507 e. The summed E-state index contributed by atoms with van der Waals surface area (Å²) in [6.45, 7) is 0. The van der Waals surface area contributed by atoms with Gasteiger partial charge in [0.15, 0.2) is 0 Å². The SMILES string of the molecule is O=C(Nc1ccccc1C=Cc1ccccc1)c1ccccc1O. The number of amides is 1. The number of para-hydroxylation sites is 2. The lowest BCUT2D eigenvalue weighted by Crippen LogP contribution is -2.12. The molecule has 0 radical (unpaired) electrons. The molecule has 0 unspecified atom stereocenters. The molecule has 0 heterocycles. The Morgan fingerprint density at radius 1 is 0.792 bits per heavy atom. The normalized spacial score (nSPS) is 10.7. The van der Waals surface area contributed by atoms with Gasteiger partial charge in [0.1, 0.15) is 5.75 Å². The maximum Gasteiger partial charge on any atom is 0.259 e. The Bertz CT molecular complexity index is 870. The van der Waals surface area contributed by atoms with E-state index in [0.717, 1.165) is 11.1 Å². The van der Waals surface area contributed by atoms with Crippen LogP contribution in [-0.4, -0.2) is 11.0 Å². The lowest BCUT2D eigenvalue weighted by atomic mass is 10.1. The summed E-state index contributed by atoms with van der Waals surface area (Å²) in [6.07, 6.45) is 3.95. The van der Waals surface area contributed by atoms with Crippen molar-refractivity contribution in [3.63, 3.8) is 0 Å². The van der Waals surface area contributed by atoms with Gasteiger partial charge in [0.25, 0.3) is 5.91 Å². The molecule has 118 valence electrons. The average Bonchev–Trinajstić information content (AvgIpc) is 2.62. The Morgan fingerprint density at radius 3 is 2.25 bits per heavy atom. The maximum atomic E-state index is 12.4. The molecule has 0 aliphatic rings. The lowest BCUT2D eigenvalue weighted by molar-refractivity contribution is 0.102. The summed E-state index contributed by atoms with van der Waals surface area (Å²) in [6, 6.07) is 24.0. The summed E-state index contributed by atoms with van der Waals surface area (Å²) in [5, 5.41) is 12.7. The molecule has 1 amide bonds. The van der Waals surface area contributed by atoms with Crippen LogP contribution in [0.25, 0.3) is 12.2 Å². The van der Waals surface area contributed by atoms with Crippen molar-refractivity contribution >= 4 is 23.7 Å². The summed E-state index contributed by atoms with van der Waals surface area (Å²) in [5.74, 6) is -0.374. The molecule has 2 N–H and O–H groups in total. The van der Waals surface area contributed by atoms with E-state index in [4.69, 9.17) is 0 Å². The molecule has 3 aromatic rings. The van der Waals surface area contributed by atoms with Gasteiger partial charge in [-0.2, -0.15) is 0 Å². The van der Waals surface area contributed by atoms with Crippen molar-refractivity contribution in [3.05, 3.63) is 95.6 Å². The first-order valence-electron chi connectivity index (χ1n) is 7.65. The van der Waals surface area contributed by atoms with Crippen LogP contribution in [0.15, 0.2) is 78.9 Å². The second-order valence-corrected chi connectivity index (χ2v) is 5.30. The Labute approximate surface area is 140 Å². The molecule has 0 aliphatic carbocycles. The number of carbonyl (C=O) groups excluding carboxylic acids is 1. The molecule has 3 nitrogen and oxygen atoms in total. The van der Waals surface area contributed by atoms with Gasteiger partial charge < -0.3 is 10.4 Å². The fraction of sp³-hybridized carbons (Fsp3) is 0. The van der Waals surface area contributed by atoms with Crippen LogP contribution in [0, 0.1) is 0 Å². The summed E-state index contributed by atoms with van der Waals surface area (Å²) < 4.78 is 0. The van der Waals surface area contributed by atoms with Crippen LogP contribution < -0.4 is 5.32 Å². The minimum atomic E-state index is -0.339. The molecule has 0 fully saturated rings. The first-order valence-corrected chi connectivity index (χ1v) is 7.65. The Morgan fingerprint density at radius 2 is 1.46 bits per heavy atom. The summed E-state index contributed by atoms with van der Waals surface area (Å²) in [5.41, 5.74) is 2.92. The van der Waals surface area contributed by atoms with E-state index >= 15 is 0 Å². The number of hydrogen-bond donors (Lipinski definition) is 2. The number of carbonyl (C=O) groups is 1. The van der Waals surface area contributed by atoms with Crippen molar-refractivity contribution in [2.75, 3.05) is 5.32 Å². The largest absolute Gasteiger partial charge is 0.507 e. The predicted octanol–water partition coefficient (Wildman–Crippen LogP) is 4.81. The van der Waals surface area contributed by atoms with Crippen molar-refractivity contribution < 1.29 is 9.90 Å². The highest BCUT2D eigenvalue weighted by Gasteiger charge is 2.11. The quantitative estimate of drug-likeness (QED) is 0.678. The Balaban J connectivity index is 1.83. The molecule has 3 aromatic carbocycles. The topological polar surface area (TPSA) is 49.3 Å². The van der Waals surface area contributed by atoms with Gasteiger partial charge in [-0.1, -0.05) is 72.8 Å². The molecule has 0 bridgehead atoms. The highest BCUT2D eigenvalue weighted by atomic mass is 16.3. The van der Waals surface area contributed by atoms with Crippen LogP contribution in [0.3, 0.4) is 0 Å². The van der Waals surface area contributed by atoms with Crippen LogP contribution in [0.5, 0.6) is 5.75 Å². The molecule has 0 saturated carbocycles. The minimum absolute atomic E-state index is 0.0349. The molecular formula is C21H17NO2. The first-order chi connectivity index (χ1) is 11.7. The Hall–Kier alpha value is -3.33. The number of anilines is 1. The van der Waals surface area contributed by atoms with Crippen molar-refractivity contribution in [2.45, 2.75) is 0 Å². The molecule has 0 spiro atoms.